The van der Waals surface area contributed by atoms with E-state index in [0.29, 0.717) is 12.1 Å². The highest BCUT2D eigenvalue weighted by molar-refractivity contribution is 5.34. The van der Waals surface area contributed by atoms with Gasteiger partial charge < -0.3 is 9.84 Å². The molecule has 0 fully saturated rings. The van der Waals surface area contributed by atoms with Gasteiger partial charge in [-0.2, -0.15) is 0 Å². The maximum Gasteiger partial charge on any atom is 0.122 e. The normalized spacial score (nSPS) is 12.2. The maximum atomic E-state index is 10.2. The molecule has 0 aliphatic rings. The topological polar surface area (TPSA) is 42.4 Å². The second-order valence-electron chi connectivity index (χ2n) is 4.29. The van der Waals surface area contributed by atoms with E-state index >= 15 is 0 Å². The number of ether oxygens (including phenoxy) is 1. The Labute approximate surface area is 107 Å². The van der Waals surface area contributed by atoms with Crippen LogP contribution in [0.15, 0.2) is 42.6 Å². The Kier molecular flexibility index (Phi) is 3.95. The van der Waals surface area contributed by atoms with E-state index in [2.05, 4.69) is 4.98 Å². The highest BCUT2D eigenvalue weighted by Crippen LogP contribution is 2.23. The molecule has 1 N–H and O–H groups in total. The summed E-state index contributed by atoms with van der Waals surface area (Å²) in [4.78, 5) is 4.24. The molecule has 2 aromatic rings. The molecule has 0 saturated carbocycles. The minimum atomic E-state index is -0.609. The molecule has 3 heteroatoms. The molecular weight excluding hydrogens is 226 g/mol. The lowest BCUT2D eigenvalue weighted by Crippen LogP contribution is -2.05. The quantitative estimate of drug-likeness (QED) is 0.897. The van der Waals surface area contributed by atoms with Gasteiger partial charge in [-0.25, -0.2) is 0 Å². The lowest BCUT2D eigenvalue weighted by Gasteiger charge is -2.13. The molecule has 3 nitrogen and oxygen atoms in total. The Morgan fingerprint density at radius 2 is 2.00 bits per heavy atom. The fourth-order valence-electron chi connectivity index (χ4n) is 1.86. The Morgan fingerprint density at radius 3 is 2.67 bits per heavy atom. The second kappa shape index (κ2) is 5.65. The number of aliphatic hydroxyl groups is 1. The van der Waals surface area contributed by atoms with Crippen LogP contribution in [0.1, 0.15) is 22.9 Å². The van der Waals surface area contributed by atoms with Crippen LogP contribution in [0.3, 0.4) is 0 Å². The van der Waals surface area contributed by atoms with Crippen molar-refractivity contribution >= 4 is 0 Å². The predicted octanol–water partition coefficient (Wildman–Crippen LogP) is 2.67. The van der Waals surface area contributed by atoms with E-state index in [0.717, 1.165) is 16.9 Å². The molecule has 1 aromatic heterocycles. The van der Waals surface area contributed by atoms with E-state index in [1.54, 1.807) is 13.3 Å². The molecule has 0 aliphatic heterocycles. The summed E-state index contributed by atoms with van der Waals surface area (Å²) in [6.45, 7) is 1.98. The van der Waals surface area contributed by atoms with Crippen LogP contribution in [-0.4, -0.2) is 17.2 Å². The monoisotopic (exact) mass is 243 g/mol. The van der Waals surface area contributed by atoms with Crippen molar-refractivity contribution in [2.24, 2.45) is 0 Å². The first-order valence-electron chi connectivity index (χ1n) is 5.93. The van der Waals surface area contributed by atoms with Gasteiger partial charge in [0, 0.05) is 12.6 Å². The van der Waals surface area contributed by atoms with Gasteiger partial charge in [0.2, 0.25) is 0 Å². The number of rotatable bonds is 4. The molecule has 0 radical (unpaired) electrons. The fourth-order valence-corrected chi connectivity index (χ4v) is 1.86. The molecule has 0 spiro atoms. The van der Waals surface area contributed by atoms with Crippen molar-refractivity contribution in [3.63, 3.8) is 0 Å². The van der Waals surface area contributed by atoms with Crippen molar-refractivity contribution in [2.45, 2.75) is 19.4 Å². The average molecular weight is 243 g/mol. The van der Waals surface area contributed by atoms with Gasteiger partial charge in [-0.3, -0.25) is 4.98 Å². The molecule has 0 aliphatic carbocycles. The standard InChI is InChI=1S/C15H17NO2/c1-11-7-8-13(16-10-11)14(17)9-12-5-3-4-6-15(12)18-2/h3-8,10,14,17H,9H2,1-2H3. The van der Waals surface area contributed by atoms with Crippen LogP contribution in [0.25, 0.3) is 0 Å². The SMILES string of the molecule is COc1ccccc1CC(O)c1ccc(C)cn1. The van der Waals surface area contributed by atoms with E-state index in [4.69, 9.17) is 4.74 Å². The van der Waals surface area contributed by atoms with Crippen LogP contribution in [0.4, 0.5) is 0 Å². The van der Waals surface area contributed by atoms with Crippen molar-refractivity contribution < 1.29 is 9.84 Å². The van der Waals surface area contributed by atoms with Gasteiger partial charge in [-0.05, 0) is 30.2 Å². The molecular formula is C15H17NO2. The molecule has 1 atom stereocenters. The van der Waals surface area contributed by atoms with Crippen molar-refractivity contribution in [1.82, 2.24) is 4.98 Å². The van der Waals surface area contributed by atoms with Gasteiger partial charge in [-0.1, -0.05) is 24.3 Å². The Balaban J connectivity index is 2.15. The van der Waals surface area contributed by atoms with Gasteiger partial charge in [0.15, 0.2) is 0 Å². The molecule has 2 rings (SSSR count). The van der Waals surface area contributed by atoms with E-state index in [9.17, 15) is 5.11 Å². The molecule has 1 heterocycles. The van der Waals surface area contributed by atoms with Crippen LogP contribution in [0.5, 0.6) is 5.75 Å². The first kappa shape index (κ1) is 12.6. The smallest absolute Gasteiger partial charge is 0.122 e. The molecule has 94 valence electrons. The van der Waals surface area contributed by atoms with Gasteiger partial charge in [0.05, 0.1) is 12.8 Å². The number of aliphatic hydroxyl groups excluding tert-OH is 1. The van der Waals surface area contributed by atoms with Crippen molar-refractivity contribution in [3.05, 3.63) is 59.4 Å². The summed E-state index contributed by atoms with van der Waals surface area (Å²) in [6.07, 6.45) is 1.66. The Hall–Kier alpha value is -1.87. The third-order valence-corrected chi connectivity index (χ3v) is 2.88. The number of aryl methyl sites for hydroxylation is 1. The number of nitrogens with zero attached hydrogens (tertiary/aromatic N) is 1. The summed E-state index contributed by atoms with van der Waals surface area (Å²) in [5.74, 6) is 0.795. The van der Waals surface area contributed by atoms with Crippen LogP contribution < -0.4 is 4.74 Å². The molecule has 1 aromatic carbocycles. The summed E-state index contributed by atoms with van der Waals surface area (Å²) < 4.78 is 5.27. The van der Waals surface area contributed by atoms with Crippen LogP contribution in [0.2, 0.25) is 0 Å². The number of hydrogen-bond acceptors (Lipinski definition) is 3. The third-order valence-electron chi connectivity index (χ3n) is 2.88. The molecule has 0 bridgehead atoms. The lowest BCUT2D eigenvalue weighted by molar-refractivity contribution is 0.172. The third kappa shape index (κ3) is 2.87. The summed E-state index contributed by atoms with van der Waals surface area (Å²) in [5.41, 5.74) is 2.75. The first-order valence-corrected chi connectivity index (χ1v) is 5.93. The number of pyridine rings is 1. The van der Waals surface area contributed by atoms with E-state index in [-0.39, 0.29) is 0 Å². The van der Waals surface area contributed by atoms with Crippen molar-refractivity contribution in [3.8, 4) is 5.75 Å². The Bertz CT molecular complexity index is 508. The molecule has 0 amide bonds. The summed E-state index contributed by atoms with van der Waals surface area (Å²) in [6, 6.07) is 11.5. The number of aromatic nitrogens is 1. The number of para-hydroxylation sites is 1. The second-order valence-corrected chi connectivity index (χ2v) is 4.29. The zero-order valence-electron chi connectivity index (χ0n) is 10.6. The maximum absolute atomic E-state index is 10.2. The lowest BCUT2D eigenvalue weighted by atomic mass is 10.0. The molecule has 1 unspecified atom stereocenters. The van der Waals surface area contributed by atoms with Gasteiger partial charge in [-0.15, -0.1) is 0 Å². The molecule has 18 heavy (non-hydrogen) atoms. The number of benzene rings is 1. The Morgan fingerprint density at radius 1 is 1.22 bits per heavy atom. The van der Waals surface area contributed by atoms with Gasteiger partial charge in [0.25, 0.3) is 0 Å². The minimum Gasteiger partial charge on any atom is -0.496 e. The van der Waals surface area contributed by atoms with Crippen LogP contribution in [-0.2, 0) is 6.42 Å². The fraction of sp³-hybridized carbons (Fsp3) is 0.267. The molecule has 0 saturated heterocycles. The van der Waals surface area contributed by atoms with Crippen molar-refractivity contribution in [2.75, 3.05) is 7.11 Å². The highest BCUT2D eigenvalue weighted by Gasteiger charge is 2.12. The minimum absolute atomic E-state index is 0.500. The first-order chi connectivity index (χ1) is 8.70. The number of methoxy groups -OCH3 is 1. The van der Waals surface area contributed by atoms with Gasteiger partial charge >= 0.3 is 0 Å². The zero-order chi connectivity index (χ0) is 13.0. The number of hydrogen-bond donors (Lipinski definition) is 1. The van der Waals surface area contributed by atoms with Crippen LogP contribution >= 0.6 is 0 Å². The van der Waals surface area contributed by atoms with E-state index < -0.39 is 6.10 Å². The highest BCUT2D eigenvalue weighted by atomic mass is 16.5. The summed E-state index contributed by atoms with van der Waals surface area (Å²) in [7, 11) is 1.63. The largest absolute Gasteiger partial charge is 0.496 e. The summed E-state index contributed by atoms with van der Waals surface area (Å²) in [5, 5.41) is 10.2. The summed E-state index contributed by atoms with van der Waals surface area (Å²) >= 11 is 0. The van der Waals surface area contributed by atoms with E-state index in [1.165, 1.54) is 0 Å². The predicted molar refractivity (Wildman–Crippen MR) is 70.6 cm³/mol. The van der Waals surface area contributed by atoms with Crippen LogP contribution in [0, 0.1) is 6.92 Å². The van der Waals surface area contributed by atoms with Crippen molar-refractivity contribution in [1.29, 1.82) is 0 Å². The average Bonchev–Trinajstić information content (AvgIpc) is 2.40. The van der Waals surface area contributed by atoms with E-state index in [1.807, 2.05) is 43.3 Å². The zero-order valence-corrected chi connectivity index (χ0v) is 10.6. The van der Waals surface area contributed by atoms with Gasteiger partial charge in [0.1, 0.15) is 11.9 Å².